The summed E-state index contributed by atoms with van der Waals surface area (Å²) < 4.78 is 36.7. The molecule has 1 aromatic rings. The van der Waals surface area contributed by atoms with Crippen molar-refractivity contribution in [2.24, 2.45) is 0 Å². The highest BCUT2D eigenvalue weighted by Crippen LogP contribution is 2.27. The number of carbonyl (C=O) groups excluding carboxylic acids is 1. The first kappa shape index (κ1) is 15.7. The highest BCUT2D eigenvalue weighted by molar-refractivity contribution is 5.92. The number of nitrogens with zero attached hydrogens (tertiary/aromatic N) is 1. The Morgan fingerprint density at radius 2 is 2.00 bits per heavy atom. The van der Waals surface area contributed by atoms with E-state index in [0.717, 1.165) is 12.3 Å². The van der Waals surface area contributed by atoms with E-state index in [-0.39, 0.29) is 5.69 Å². The first-order chi connectivity index (χ1) is 9.24. The maximum Gasteiger partial charge on any atom is 0.433 e. The Bertz CT molecular complexity index is 490. The fourth-order valence-corrected chi connectivity index (χ4v) is 1.15. The zero-order valence-electron chi connectivity index (χ0n) is 9.81. The minimum atomic E-state index is -4.59. The zero-order valence-corrected chi connectivity index (χ0v) is 9.81. The number of nitrogens with one attached hydrogen (secondary N) is 2. The van der Waals surface area contributed by atoms with Crippen LogP contribution in [0.2, 0.25) is 0 Å². The number of carbonyl (C=O) groups is 2. The highest BCUT2D eigenvalue weighted by atomic mass is 19.4. The number of aliphatic carboxylic acids is 1. The van der Waals surface area contributed by atoms with Crippen LogP contribution in [0.4, 0.5) is 23.7 Å². The minimum absolute atomic E-state index is 0.0578. The van der Waals surface area contributed by atoms with E-state index in [2.05, 4.69) is 10.3 Å². The summed E-state index contributed by atoms with van der Waals surface area (Å²) in [5.41, 5.74) is -1.18. The second kappa shape index (κ2) is 6.19. The normalized spacial score (nSPS) is 12.6. The van der Waals surface area contributed by atoms with Crippen LogP contribution in [0.1, 0.15) is 5.69 Å². The van der Waals surface area contributed by atoms with Gasteiger partial charge in [-0.05, 0) is 12.1 Å². The molecule has 10 heteroatoms. The molecule has 0 radical (unpaired) electrons. The Hall–Kier alpha value is -2.36. The first-order valence-corrected chi connectivity index (χ1v) is 5.18. The van der Waals surface area contributed by atoms with E-state index in [9.17, 15) is 22.8 Å². The van der Waals surface area contributed by atoms with Gasteiger partial charge in [-0.3, -0.25) is 0 Å². The van der Waals surface area contributed by atoms with Gasteiger partial charge in [0.1, 0.15) is 5.69 Å². The van der Waals surface area contributed by atoms with E-state index >= 15 is 0 Å². The number of aliphatic hydroxyl groups is 1. The molecule has 1 heterocycles. The van der Waals surface area contributed by atoms with Crippen LogP contribution in [0.25, 0.3) is 0 Å². The third-order valence-corrected chi connectivity index (χ3v) is 2.10. The molecule has 2 amide bonds. The van der Waals surface area contributed by atoms with Crippen molar-refractivity contribution in [3.63, 3.8) is 0 Å². The number of rotatable bonds is 4. The van der Waals surface area contributed by atoms with Crippen molar-refractivity contribution in [2.45, 2.75) is 12.2 Å². The molecule has 0 aromatic carbocycles. The lowest BCUT2D eigenvalue weighted by molar-refractivity contribution is -0.141. The maximum absolute atomic E-state index is 12.2. The Morgan fingerprint density at radius 3 is 2.40 bits per heavy atom. The molecule has 20 heavy (non-hydrogen) atoms. The lowest BCUT2D eigenvalue weighted by atomic mass is 10.3. The quantitative estimate of drug-likeness (QED) is 0.652. The lowest BCUT2D eigenvalue weighted by Crippen LogP contribution is -2.45. The second-order valence-electron chi connectivity index (χ2n) is 3.60. The Labute approximate surface area is 110 Å². The van der Waals surface area contributed by atoms with Gasteiger partial charge in [-0.15, -0.1) is 0 Å². The number of pyridine rings is 1. The molecule has 0 saturated carbocycles. The summed E-state index contributed by atoms with van der Waals surface area (Å²) in [5, 5.41) is 21.2. The van der Waals surface area contributed by atoms with Gasteiger partial charge in [-0.1, -0.05) is 0 Å². The number of carboxylic acid groups (broad SMARTS) is 1. The fourth-order valence-electron chi connectivity index (χ4n) is 1.15. The number of amides is 2. The van der Waals surface area contributed by atoms with Crippen LogP contribution < -0.4 is 10.6 Å². The van der Waals surface area contributed by atoms with Gasteiger partial charge in [-0.25, -0.2) is 14.6 Å². The van der Waals surface area contributed by atoms with Crippen molar-refractivity contribution in [1.82, 2.24) is 10.3 Å². The van der Waals surface area contributed by atoms with Crippen LogP contribution in [0.15, 0.2) is 18.3 Å². The predicted octanol–water partition coefficient (Wildman–Crippen LogP) is 0.667. The molecule has 110 valence electrons. The molecule has 0 aliphatic carbocycles. The summed E-state index contributed by atoms with van der Waals surface area (Å²) in [6.45, 7) is -0.825. The summed E-state index contributed by atoms with van der Waals surface area (Å²) in [4.78, 5) is 25.0. The molecule has 1 atom stereocenters. The van der Waals surface area contributed by atoms with Crippen LogP contribution in [0, 0.1) is 0 Å². The molecule has 7 nitrogen and oxygen atoms in total. The fraction of sp³-hybridized carbons (Fsp3) is 0.300. The van der Waals surface area contributed by atoms with Crippen molar-refractivity contribution in [3.05, 3.63) is 24.0 Å². The van der Waals surface area contributed by atoms with Gasteiger partial charge < -0.3 is 20.8 Å². The Kier molecular flexibility index (Phi) is 4.86. The molecular formula is C10H10F3N3O4. The zero-order chi connectivity index (χ0) is 15.3. The predicted molar refractivity (Wildman–Crippen MR) is 59.9 cm³/mol. The summed E-state index contributed by atoms with van der Waals surface area (Å²) >= 11 is 0. The largest absolute Gasteiger partial charge is 0.480 e. The number of hydrogen-bond donors (Lipinski definition) is 4. The Morgan fingerprint density at radius 1 is 1.35 bits per heavy atom. The van der Waals surface area contributed by atoms with Crippen LogP contribution >= 0.6 is 0 Å². The summed E-state index contributed by atoms with van der Waals surface area (Å²) in [6.07, 6.45) is -3.82. The number of aromatic nitrogens is 1. The highest BCUT2D eigenvalue weighted by Gasteiger charge is 2.32. The third kappa shape index (κ3) is 4.39. The molecule has 0 spiro atoms. The van der Waals surface area contributed by atoms with E-state index in [1.54, 1.807) is 0 Å². The molecule has 0 aliphatic rings. The van der Waals surface area contributed by atoms with Crippen molar-refractivity contribution in [3.8, 4) is 0 Å². The molecule has 0 fully saturated rings. The topological polar surface area (TPSA) is 112 Å². The van der Waals surface area contributed by atoms with Gasteiger partial charge in [-0.2, -0.15) is 13.2 Å². The lowest BCUT2D eigenvalue weighted by Gasteiger charge is -2.12. The average molecular weight is 293 g/mol. The van der Waals surface area contributed by atoms with Gasteiger partial charge in [0, 0.05) is 0 Å². The molecular weight excluding hydrogens is 283 g/mol. The SMILES string of the molecule is O=C(Nc1ccc(C(F)(F)F)nc1)N[C@@H](CO)C(=O)O. The number of alkyl halides is 3. The van der Waals surface area contributed by atoms with E-state index in [1.807, 2.05) is 5.32 Å². The van der Waals surface area contributed by atoms with Crippen LogP contribution in [-0.2, 0) is 11.0 Å². The number of aliphatic hydroxyl groups excluding tert-OH is 1. The monoisotopic (exact) mass is 293 g/mol. The molecule has 0 aliphatic heterocycles. The van der Waals surface area contributed by atoms with Crippen LogP contribution in [-0.4, -0.2) is 39.8 Å². The second-order valence-corrected chi connectivity index (χ2v) is 3.60. The smallest absolute Gasteiger partial charge is 0.433 e. The van der Waals surface area contributed by atoms with Gasteiger partial charge in [0.15, 0.2) is 6.04 Å². The van der Waals surface area contributed by atoms with E-state index in [1.165, 1.54) is 0 Å². The van der Waals surface area contributed by atoms with Crippen molar-refractivity contribution >= 4 is 17.7 Å². The van der Waals surface area contributed by atoms with Crippen LogP contribution in [0.3, 0.4) is 0 Å². The summed E-state index contributed by atoms with van der Waals surface area (Å²) in [7, 11) is 0. The minimum Gasteiger partial charge on any atom is -0.480 e. The van der Waals surface area contributed by atoms with Gasteiger partial charge in [0.05, 0.1) is 18.5 Å². The number of urea groups is 1. The summed E-state index contributed by atoms with van der Waals surface area (Å²) in [5.74, 6) is -1.45. The molecule has 4 N–H and O–H groups in total. The van der Waals surface area contributed by atoms with E-state index in [0.29, 0.717) is 6.07 Å². The summed E-state index contributed by atoms with van der Waals surface area (Å²) in [6, 6.07) is -0.883. The van der Waals surface area contributed by atoms with E-state index in [4.69, 9.17) is 10.2 Å². The maximum atomic E-state index is 12.2. The van der Waals surface area contributed by atoms with Crippen molar-refractivity contribution in [1.29, 1.82) is 0 Å². The van der Waals surface area contributed by atoms with Gasteiger partial charge in [0.2, 0.25) is 0 Å². The molecule has 1 aromatic heterocycles. The average Bonchev–Trinajstić information content (AvgIpc) is 2.35. The van der Waals surface area contributed by atoms with Crippen molar-refractivity contribution < 1.29 is 33.0 Å². The standard InChI is InChI=1S/C10H10F3N3O4/c11-10(12,13)7-2-1-5(3-14-7)15-9(20)16-6(4-17)8(18)19/h1-3,6,17H,4H2,(H,18,19)(H2,15,16,20)/t6-/m0/s1. The van der Waals surface area contributed by atoms with Gasteiger partial charge >= 0.3 is 18.2 Å². The number of carboxylic acids is 1. The van der Waals surface area contributed by atoms with Crippen molar-refractivity contribution in [2.75, 3.05) is 11.9 Å². The molecule has 1 rings (SSSR count). The number of halogens is 3. The molecule has 0 unspecified atom stereocenters. The third-order valence-electron chi connectivity index (χ3n) is 2.10. The molecule has 0 saturated heterocycles. The number of hydrogen-bond acceptors (Lipinski definition) is 4. The molecule has 0 bridgehead atoms. The Balaban J connectivity index is 2.65. The van der Waals surface area contributed by atoms with Gasteiger partial charge in [0.25, 0.3) is 0 Å². The van der Waals surface area contributed by atoms with E-state index < -0.39 is 36.5 Å². The number of anilines is 1. The van der Waals surface area contributed by atoms with Crippen LogP contribution in [0.5, 0.6) is 0 Å². The first-order valence-electron chi connectivity index (χ1n) is 5.18.